The SMILES string of the molecule is CCOC(=O)/C=C\[C@@H](CC)[C@H](OCOC)[C@H](C)CC[C@@H]1C[C@H](/C=C/C=C/c2ccccc2)OC(C)(C)O1. The number of esters is 1. The minimum Gasteiger partial charge on any atom is -0.463 e. The Hall–Kier alpha value is -2.25. The molecule has 0 unspecified atom stereocenters. The van der Waals surface area contributed by atoms with Gasteiger partial charge in [0.15, 0.2) is 5.79 Å². The summed E-state index contributed by atoms with van der Waals surface area (Å²) in [6, 6.07) is 10.2. The number of hydrogen-bond acceptors (Lipinski definition) is 6. The number of benzene rings is 1. The Labute approximate surface area is 223 Å². The molecule has 37 heavy (non-hydrogen) atoms. The molecule has 1 heterocycles. The van der Waals surface area contributed by atoms with Crippen LogP contribution in [0.25, 0.3) is 6.08 Å². The van der Waals surface area contributed by atoms with Gasteiger partial charge in [0.1, 0.15) is 6.79 Å². The molecule has 206 valence electrons. The molecule has 0 spiro atoms. The Balaban J connectivity index is 1.98. The van der Waals surface area contributed by atoms with Crippen LogP contribution < -0.4 is 0 Å². The highest BCUT2D eigenvalue weighted by molar-refractivity contribution is 5.81. The molecule has 0 aliphatic carbocycles. The van der Waals surface area contributed by atoms with E-state index >= 15 is 0 Å². The second-order valence-electron chi connectivity index (χ2n) is 9.96. The van der Waals surface area contributed by atoms with Crippen molar-refractivity contribution < 1.29 is 28.5 Å². The van der Waals surface area contributed by atoms with Crippen LogP contribution in [0.1, 0.15) is 65.9 Å². The molecule has 1 aliphatic heterocycles. The number of hydrogen-bond donors (Lipinski definition) is 0. The Morgan fingerprint density at radius 2 is 1.92 bits per heavy atom. The third-order valence-corrected chi connectivity index (χ3v) is 6.45. The molecule has 1 aliphatic rings. The standard InChI is InChI=1S/C31H46O6/c1-7-26(19-21-29(32)34-8-2)30(35-23-33-6)24(3)18-20-28-22-27(36-31(4,5)37-28)17-13-12-16-25-14-10-9-11-15-25/h9-17,19,21,24,26-28,30H,7-8,18,20,22-23H2,1-6H3/b16-12+,17-13+,21-19-/t24-,26-,27+,28-,30-/m1/s1. The molecule has 6 nitrogen and oxygen atoms in total. The molecule has 0 aromatic heterocycles. The molecule has 0 amide bonds. The first-order valence-corrected chi connectivity index (χ1v) is 13.5. The number of methoxy groups -OCH3 is 1. The van der Waals surface area contributed by atoms with Gasteiger partial charge < -0.3 is 23.7 Å². The summed E-state index contributed by atoms with van der Waals surface area (Å²) in [6.07, 6.45) is 15.2. The molecule has 1 aromatic rings. The van der Waals surface area contributed by atoms with Crippen molar-refractivity contribution in [3.63, 3.8) is 0 Å². The predicted octanol–water partition coefficient (Wildman–Crippen LogP) is 6.72. The lowest BCUT2D eigenvalue weighted by Crippen LogP contribution is -2.44. The topological polar surface area (TPSA) is 63.2 Å². The second-order valence-corrected chi connectivity index (χ2v) is 9.96. The van der Waals surface area contributed by atoms with E-state index in [0.29, 0.717) is 6.61 Å². The normalized spacial score (nSPS) is 22.4. The van der Waals surface area contributed by atoms with Crippen LogP contribution in [-0.2, 0) is 28.5 Å². The minimum absolute atomic E-state index is 0.0130. The lowest BCUT2D eigenvalue weighted by molar-refractivity contribution is -0.291. The van der Waals surface area contributed by atoms with Gasteiger partial charge in [0.05, 0.1) is 24.9 Å². The zero-order chi connectivity index (χ0) is 27.1. The number of allylic oxidation sites excluding steroid dienone is 2. The van der Waals surface area contributed by atoms with Crippen LogP contribution in [0.2, 0.25) is 0 Å². The average Bonchev–Trinajstić information content (AvgIpc) is 2.87. The van der Waals surface area contributed by atoms with Crippen molar-refractivity contribution in [3.05, 3.63) is 66.3 Å². The van der Waals surface area contributed by atoms with E-state index in [-0.39, 0.29) is 42.9 Å². The van der Waals surface area contributed by atoms with Crippen molar-refractivity contribution in [2.75, 3.05) is 20.5 Å². The maximum absolute atomic E-state index is 11.8. The molecule has 1 aromatic carbocycles. The van der Waals surface area contributed by atoms with Gasteiger partial charge in [-0.1, -0.05) is 74.6 Å². The van der Waals surface area contributed by atoms with E-state index in [2.05, 4.69) is 44.2 Å². The summed E-state index contributed by atoms with van der Waals surface area (Å²) in [5, 5.41) is 0. The van der Waals surface area contributed by atoms with Gasteiger partial charge in [-0.25, -0.2) is 4.79 Å². The molecule has 0 saturated carbocycles. The van der Waals surface area contributed by atoms with Crippen LogP contribution in [0.3, 0.4) is 0 Å². The first-order valence-electron chi connectivity index (χ1n) is 13.5. The summed E-state index contributed by atoms with van der Waals surface area (Å²) in [5.74, 6) is -0.655. The Morgan fingerprint density at radius 3 is 2.59 bits per heavy atom. The summed E-state index contributed by atoms with van der Waals surface area (Å²) in [7, 11) is 1.62. The van der Waals surface area contributed by atoms with Gasteiger partial charge >= 0.3 is 5.97 Å². The minimum atomic E-state index is -0.648. The summed E-state index contributed by atoms with van der Waals surface area (Å²) in [4.78, 5) is 11.8. The van der Waals surface area contributed by atoms with E-state index < -0.39 is 5.79 Å². The van der Waals surface area contributed by atoms with E-state index in [9.17, 15) is 4.79 Å². The fraction of sp³-hybridized carbons (Fsp3) is 0.581. The summed E-state index contributed by atoms with van der Waals surface area (Å²) < 4.78 is 28.8. The number of ether oxygens (including phenoxy) is 5. The van der Waals surface area contributed by atoms with Gasteiger partial charge in [0, 0.05) is 25.5 Å². The second kappa shape index (κ2) is 16.6. The van der Waals surface area contributed by atoms with Crippen LogP contribution >= 0.6 is 0 Å². The maximum atomic E-state index is 11.8. The largest absolute Gasteiger partial charge is 0.463 e. The smallest absolute Gasteiger partial charge is 0.330 e. The Kier molecular flexibility index (Phi) is 13.9. The third kappa shape index (κ3) is 11.8. The molecule has 1 fully saturated rings. The Bertz CT molecular complexity index is 860. The van der Waals surface area contributed by atoms with E-state index in [1.807, 2.05) is 44.2 Å². The van der Waals surface area contributed by atoms with Crippen molar-refractivity contribution in [1.29, 1.82) is 0 Å². The van der Waals surface area contributed by atoms with Gasteiger partial charge in [-0.15, -0.1) is 0 Å². The summed E-state index contributed by atoms with van der Waals surface area (Å²) >= 11 is 0. The van der Waals surface area contributed by atoms with Crippen LogP contribution in [0, 0.1) is 11.8 Å². The molecule has 0 bridgehead atoms. The van der Waals surface area contributed by atoms with Crippen LogP contribution in [0.15, 0.2) is 60.7 Å². The highest BCUT2D eigenvalue weighted by Gasteiger charge is 2.35. The average molecular weight is 515 g/mol. The highest BCUT2D eigenvalue weighted by atomic mass is 16.7. The summed E-state index contributed by atoms with van der Waals surface area (Å²) in [6.45, 7) is 10.6. The molecular formula is C31H46O6. The van der Waals surface area contributed by atoms with Crippen molar-refractivity contribution in [2.45, 2.75) is 84.4 Å². The van der Waals surface area contributed by atoms with Crippen molar-refractivity contribution >= 4 is 12.0 Å². The fourth-order valence-electron chi connectivity index (χ4n) is 4.70. The number of carbonyl (C=O) groups is 1. The molecule has 1 saturated heterocycles. The monoisotopic (exact) mass is 514 g/mol. The van der Waals surface area contributed by atoms with E-state index in [4.69, 9.17) is 23.7 Å². The van der Waals surface area contributed by atoms with E-state index in [1.54, 1.807) is 14.0 Å². The first kappa shape index (κ1) is 31.0. The molecule has 0 radical (unpaired) electrons. The zero-order valence-corrected chi connectivity index (χ0v) is 23.4. The first-order chi connectivity index (χ1) is 17.8. The molecular weight excluding hydrogens is 468 g/mol. The third-order valence-electron chi connectivity index (χ3n) is 6.45. The van der Waals surface area contributed by atoms with Gasteiger partial charge in [-0.2, -0.15) is 0 Å². The predicted molar refractivity (Wildman–Crippen MR) is 148 cm³/mol. The van der Waals surface area contributed by atoms with Crippen molar-refractivity contribution in [3.8, 4) is 0 Å². The molecule has 5 atom stereocenters. The zero-order valence-electron chi connectivity index (χ0n) is 23.4. The van der Waals surface area contributed by atoms with Gasteiger partial charge in [0.25, 0.3) is 0 Å². The van der Waals surface area contributed by atoms with Crippen molar-refractivity contribution in [2.24, 2.45) is 11.8 Å². The van der Waals surface area contributed by atoms with E-state index in [0.717, 1.165) is 25.7 Å². The lowest BCUT2D eigenvalue weighted by atomic mass is 9.85. The Morgan fingerprint density at radius 1 is 1.16 bits per heavy atom. The fourth-order valence-corrected chi connectivity index (χ4v) is 4.70. The number of rotatable bonds is 15. The lowest BCUT2D eigenvalue weighted by Gasteiger charge is -2.40. The molecule has 6 heteroatoms. The van der Waals surface area contributed by atoms with Gasteiger partial charge in [-0.05, 0) is 51.5 Å². The summed E-state index contributed by atoms with van der Waals surface area (Å²) in [5.41, 5.74) is 1.17. The van der Waals surface area contributed by atoms with Crippen LogP contribution in [0.5, 0.6) is 0 Å². The maximum Gasteiger partial charge on any atom is 0.330 e. The van der Waals surface area contributed by atoms with Crippen LogP contribution in [0.4, 0.5) is 0 Å². The van der Waals surface area contributed by atoms with Crippen LogP contribution in [-0.4, -0.2) is 50.6 Å². The quantitative estimate of drug-likeness (QED) is 0.112. The molecule has 2 rings (SSSR count). The van der Waals surface area contributed by atoms with Crippen molar-refractivity contribution in [1.82, 2.24) is 0 Å². The molecule has 0 N–H and O–H groups in total. The van der Waals surface area contributed by atoms with Gasteiger partial charge in [0.2, 0.25) is 0 Å². The highest BCUT2D eigenvalue weighted by Crippen LogP contribution is 2.32. The van der Waals surface area contributed by atoms with Gasteiger partial charge in [-0.3, -0.25) is 0 Å². The number of carbonyl (C=O) groups excluding carboxylic acids is 1. The van der Waals surface area contributed by atoms with E-state index in [1.165, 1.54) is 11.6 Å².